The number of nitrogens with one attached hydrogen (secondary N) is 1. The lowest BCUT2D eigenvalue weighted by Crippen LogP contribution is -2.47. The largest absolute Gasteiger partial charge is 0.508 e. The first-order valence-electron chi connectivity index (χ1n) is 9.89. The molecule has 1 heterocycles. The molecule has 1 aliphatic rings. The van der Waals surface area contributed by atoms with E-state index in [9.17, 15) is 24.6 Å². The summed E-state index contributed by atoms with van der Waals surface area (Å²) in [5.74, 6) is -1.84. The van der Waals surface area contributed by atoms with E-state index in [4.69, 9.17) is 5.73 Å². The first-order chi connectivity index (χ1) is 14.8. The van der Waals surface area contributed by atoms with Gasteiger partial charge in [-0.05, 0) is 54.7 Å². The molecule has 8 nitrogen and oxygen atoms in total. The third kappa shape index (κ3) is 5.49. The van der Waals surface area contributed by atoms with Crippen LogP contribution >= 0.6 is 12.6 Å². The van der Waals surface area contributed by atoms with Crippen LogP contribution in [-0.2, 0) is 20.8 Å². The van der Waals surface area contributed by atoms with Crippen molar-refractivity contribution in [1.29, 1.82) is 0 Å². The van der Waals surface area contributed by atoms with Crippen LogP contribution < -0.4 is 11.1 Å². The van der Waals surface area contributed by atoms with E-state index >= 15 is 0 Å². The van der Waals surface area contributed by atoms with Crippen molar-refractivity contribution < 1.29 is 24.6 Å². The number of aliphatic carboxylic acids is 1. The van der Waals surface area contributed by atoms with Gasteiger partial charge in [0.25, 0.3) is 0 Å². The minimum Gasteiger partial charge on any atom is -0.508 e. The molecule has 164 valence electrons. The maximum Gasteiger partial charge on any atom is 0.326 e. The third-order valence-electron chi connectivity index (χ3n) is 5.36. The number of carbonyl (C=O) groups is 3. The predicted molar refractivity (Wildman–Crippen MR) is 119 cm³/mol. The zero-order valence-corrected chi connectivity index (χ0v) is 17.7. The Hall–Kier alpha value is -3.20. The fraction of sp³-hybridized carbons (Fsp3) is 0.318. The highest BCUT2D eigenvalue weighted by molar-refractivity contribution is 7.81. The Bertz CT molecular complexity index is 949. The highest BCUT2D eigenvalue weighted by Gasteiger charge is 2.41. The number of carboxylic acids is 1. The van der Waals surface area contributed by atoms with Crippen LogP contribution in [0.2, 0.25) is 0 Å². The molecule has 0 aliphatic carbocycles. The van der Waals surface area contributed by atoms with Gasteiger partial charge in [-0.25, -0.2) is 4.79 Å². The van der Waals surface area contributed by atoms with Crippen LogP contribution in [0, 0.1) is 0 Å². The molecule has 2 unspecified atom stereocenters. The monoisotopic (exact) mass is 443 g/mol. The second-order valence-corrected chi connectivity index (χ2v) is 8.14. The molecule has 1 fully saturated rings. The summed E-state index contributed by atoms with van der Waals surface area (Å²) < 4.78 is 0. The number of phenols is 1. The van der Waals surface area contributed by atoms with Crippen LogP contribution in [0.4, 0.5) is 5.69 Å². The standard InChI is InChI=1S/C22H25N3O5S/c23-15-5-3-14(4-6-15)17-9-10-18(22(29)30)25(17)20(27)12-24-21(28)19(31)11-13-1-7-16(26)8-2-13/h1-8,17-19,26,31H,9-12,23H2,(H,24,28)(H,29,30)/t17?,18?,19-/m0/s1. The van der Waals surface area contributed by atoms with Crippen molar-refractivity contribution in [2.75, 3.05) is 12.3 Å². The molecule has 0 aromatic heterocycles. The first-order valence-corrected chi connectivity index (χ1v) is 10.4. The number of hydrogen-bond acceptors (Lipinski definition) is 6. The number of rotatable bonds is 7. The average molecular weight is 444 g/mol. The molecular formula is C22H25N3O5S. The third-order valence-corrected chi connectivity index (χ3v) is 5.78. The normalized spacial score (nSPS) is 19.1. The Labute approximate surface area is 185 Å². The summed E-state index contributed by atoms with van der Waals surface area (Å²) in [6.45, 7) is -0.319. The molecule has 0 radical (unpaired) electrons. The minimum atomic E-state index is -1.07. The Balaban J connectivity index is 1.64. The number of carboxylic acid groups (broad SMARTS) is 1. The molecule has 0 spiro atoms. The van der Waals surface area contributed by atoms with Gasteiger partial charge in [0.15, 0.2) is 0 Å². The number of carbonyl (C=O) groups excluding carboxylic acids is 2. The number of amides is 2. The highest BCUT2D eigenvalue weighted by Crippen LogP contribution is 2.36. The van der Waals surface area contributed by atoms with Gasteiger partial charge in [0.2, 0.25) is 11.8 Å². The summed E-state index contributed by atoms with van der Waals surface area (Å²) in [6, 6.07) is 12.1. The van der Waals surface area contributed by atoms with Gasteiger partial charge < -0.3 is 26.2 Å². The molecule has 31 heavy (non-hydrogen) atoms. The van der Waals surface area contributed by atoms with E-state index in [2.05, 4.69) is 17.9 Å². The van der Waals surface area contributed by atoms with Gasteiger partial charge in [-0.3, -0.25) is 9.59 Å². The summed E-state index contributed by atoms with van der Waals surface area (Å²) in [5, 5.41) is 20.8. The van der Waals surface area contributed by atoms with Gasteiger partial charge in [0.05, 0.1) is 17.8 Å². The van der Waals surface area contributed by atoms with E-state index < -0.39 is 35.1 Å². The van der Waals surface area contributed by atoms with Crippen LogP contribution in [0.5, 0.6) is 5.75 Å². The van der Waals surface area contributed by atoms with E-state index in [0.29, 0.717) is 24.9 Å². The quantitative estimate of drug-likeness (QED) is 0.327. The topological polar surface area (TPSA) is 133 Å². The number of thiol groups is 1. The van der Waals surface area contributed by atoms with Gasteiger partial charge in [0.1, 0.15) is 11.8 Å². The fourth-order valence-corrected chi connectivity index (χ4v) is 4.07. The highest BCUT2D eigenvalue weighted by atomic mass is 32.1. The Morgan fingerprint density at radius 1 is 1.10 bits per heavy atom. The first kappa shape index (κ1) is 22.5. The Kier molecular flexibility index (Phi) is 7.06. The molecule has 3 atom stereocenters. The summed E-state index contributed by atoms with van der Waals surface area (Å²) in [5.41, 5.74) is 7.92. The van der Waals surface area contributed by atoms with Gasteiger partial charge in [-0.2, -0.15) is 12.6 Å². The molecule has 9 heteroatoms. The molecule has 3 rings (SSSR count). The lowest BCUT2D eigenvalue weighted by atomic mass is 10.0. The van der Waals surface area contributed by atoms with Gasteiger partial charge in [-0.15, -0.1) is 0 Å². The SMILES string of the molecule is Nc1ccc(C2CCC(C(=O)O)N2C(=O)CNC(=O)[C@@H](S)Cc2ccc(O)cc2)cc1. The summed E-state index contributed by atoms with van der Waals surface area (Å²) >= 11 is 4.30. The second kappa shape index (κ2) is 9.74. The van der Waals surface area contributed by atoms with Gasteiger partial charge in [-0.1, -0.05) is 24.3 Å². The van der Waals surface area contributed by atoms with E-state index in [1.807, 2.05) is 0 Å². The van der Waals surface area contributed by atoms with Crippen molar-refractivity contribution >= 4 is 36.1 Å². The number of aromatic hydroxyl groups is 1. The van der Waals surface area contributed by atoms with Crippen molar-refractivity contribution in [1.82, 2.24) is 10.2 Å². The van der Waals surface area contributed by atoms with Crippen LogP contribution in [0.1, 0.15) is 30.0 Å². The van der Waals surface area contributed by atoms with Gasteiger partial charge in [0, 0.05) is 5.69 Å². The van der Waals surface area contributed by atoms with E-state index in [1.165, 1.54) is 17.0 Å². The van der Waals surface area contributed by atoms with Crippen LogP contribution in [0.15, 0.2) is 48.5 Å². The smallest absolute Gasteiger partial charge is 0.326 e. The predicted octanol–water partition coefficient (Wildman–Crippen LogP) is 1.75. The van der Waals surface area contributed by atoms with Crippen molar-refractivity contribution in [2.24, 2.45) is 0 Å². The average Bonchev–Trinajstić information content (AvgIpc) is 3.19. The molecule has 2 amide bonds. The lowest BCUT2D eigenvalue weighted by molar-refractivity contribution is -0.149. The molecule has 0 bridgehead atoms. The fourth-order valence-electron chi connectivity index (χ4n) is 3.77. The number of phenolic OH excluding ortho intramolecular Hbond substituents is 1. The molecule has 0 saturated carbocycles. The van der Waals surface area contributed by atoms with Crippen LogP contribution in [0.3, 0.4) is 0 Å². The van der Waals surface area contributed by atoms with Crippen LogP contribution in [-0.4, -0.2) is 50.7 Å². The number of nitrogens with two attached hydrogens (primary N) is 1. The molecule has 5 N–H and O–H groups in total. The molecular weight excluding hydrogens is 418 g/mol. The Morgan fingerprint density at radius 2 is 1.74 bits per heavy atom. The maximum absolute atomic E-state index is 12.9. The number of anilines is 1. The van der Waals surface area contributed by atoms with Crippen molar-refractivity contribution in [3.63, 3.8) is 0 Å². The lowest BCUT2D eigenvalue weighted by Gasteiger charge is -2.29. The van der Waals surface area contributed by atoms with Crippen molar-refractivity contribution in [3.05, 3.63) is 59.7 Å². The molecule has 1 aliphatic heterocycles. The summed E-state index contributed by atoms with van der Waals surface area (Å²) in [7, 11) is 0. The molecule has 2 aromatic rings. The number of likely N-dealkylation sites (tertiary alicyclic amines) is 1. The number of nitrogens with zero attached hydrogens (tertiary/aromatic N) is 1. The van der Waals surface area contributed by atoms with Crippen molar-refractivity contribution in [3.8, 4) is 5.75 Å². The van der Waals surface area contributed by atoms with E-state index in [1.54, 1.807) is 36.4 Å². The van der Waals surface area contributed by atoms with E-state index in [0.717, 1.165) is 11.1 Å². The van der Waals surface area contributed by atoms with Gasteiger partial charge >= 0.3 is 5.97 Å². The zero-order valence-electron chi connectivity index (χ0n) is 16.8. The number of nitrogen functional groups attached to an aromatic ring is 1. The Morgan fingerprint density at radius 3 is 2.35 bits per heavy atom. The van der Waals surface area contributed by atoms with Crippen molar-refractivity contribution in [2.45, 2.75) is 36.6 Å². The molecule has 2 aromatic carbocycles. The number of benzene rings is 2. The zero-order chi connectivity index (χ0) is 22.5. The minimum absolute atomic E-state index is 0.128. The molecule has 1 saturated heterocycles. The summed E-state index contributed by atoms with van der Waals surface area (Å²) in [4.78, 5) is 38.3. The van der Waals surface area contributed by atoms with Crippen LogP contribution in [0.25, 0.3) is 0 Å². The maximum atomic E-state index is 12.9. The number of hydrogen-bond donors (Lipinski definition) is 5. The van der Waals surface area contributed by atoms with E-state index in [-0.39, 0.29) is 12.3 Å². The second-order valence-electron chi connectivity index (χ2n) is 7.52. The summed E-state index contributed by atoms with van der Waals surface area (Å²) in [6.07, 6.45) is 1.16.